The Morgan fingerprint density at radius 2 is 1.80 bits per heavy atom. The number of nitrogen functional groups attached to an aromatic ring is 1. The van der Waals surface area contributed by atoms with Gasteiger partial charge in [0.1, 0.15) is 17.9 Å². The first-order valence-electron chi connectivity index (χ1n) is 11.2. The number of pyridine rings is 1. The lowest BCUT2D eigenvalue weighted by molar-refractivity contribution is 0.288. The zero-order chi connectivity index (χ0) is 24.4. The van der Waals surface area contributed by atoms with Gasteiger partial charge in [0.25, 0.3) is 0 Å². The average Bonchev–Trinajstić information content (AvgIpc) is 3.24. The maximum atomic E-state index is 10.5. The van der Waals surface area contributed by atoms with E-state index in [0.29, 0.717) is 45.8 Å². The molecular weight excluding hydrogens is 442 g/mol. The summed E-state index contributed by atoms with van der Waals surface area (Å²) in [6, 6.07) is 18.5. The van der Waals surface area contributed by atoms with E-state index in [9.17, 15) is 5.11 Å². The van der Waals surface area contributed by atoms with E-state index < -0.39 is 0 Å². The monoisotopic (exact) mass is 467 g/mol. The fourth-order valence-electron chi connectivity index (χ4n) is 3.91. The number of nitrogens with zero attached hydrogens (tertiary/aromatic N) is 4. The summed E-state index contributed by atoms with van der Waals surface area (Å²) in [4.78, 5) is 13.8. The lowest BCUT2D eigenvalue weighted by Crippen LogP contribution is -2.30. The number of aromatic amines is 1. The van der Waals surface area contributed by atoms with Gasteiger partial charge < -0.3 is 21.3 Å². The van der Waals surface area contributed by atoms with Crippen LogP contribution in [0.3, 0.4) is 0 Å². The van der Waals surface area contributed by atoms with Crippen LogP contribution < -0.4 is 16.2 Å². The number of hydrogen-bond acceptors (Lipinski definition) is 8. The van der Waals surface area contributed by atoms with Gasteiger partial charge in [-0.2, -0.15) is 5.10 Å². The number of ether oxygens (including phenoxy) is 1. The summed E-state index contributed by atoms with van der Waals surface area (Å²) in [5, 5.41) is 17.5. The number of para-hydroxylation sites is 1. The van der Waals surface area contributed by atoms with Gasteiger partial charge in [0.05, 0.1) is 23.3 Å². The van der Waals surface area contributed by atoms with E-state index in [-0.39, 0.29) is 24.2 Å². The van der Waals surface area contributed by atoms with Crippen LogP contribution in [0.2, 0.25) is 0 Å². The molecule has 3 aromatic heterocycles. The highest BCUT2D eigenvalue weighted by Crippen LogP contribution is 2.39. The smallest absolute Gasteiger partial charge is 0.174 e. The van der Waals surface area contributed by atoms with E-state index >= 15 is 0 Å². The van der Waals surface area contributed by atoms with E-state index in [1.54, 1.807) is 30.5 Å². The number of aromatic hydroxyl groups is 1. The van der Waals surface area contributed by atoms with E-state index in [1.807, 2.05) is 43.3 Å². The molecule has 5 rings (SSSR count). The molecule has 3 heterocycles. The van der Waals surface area contributed by atoms with Gasteiger partial charge in [0.2, 0.25) is 0 Å². The van der Waals surface area contributed by atoms with E-state index in [2.05, 4.69) is 20.2 Å². The number of aryl methyl sites for hydroxylation is 1. The summed E-state index contributed by atoms with van der Waals surface area (Å²) in [7, 11) is 0. The number of rotatable bonds is 7. The third-order valence-corrected chi connectivity index (χ3v) is 5.69. The minimum absolute atomic E-state index is 0.0766. The topological polar surface area (TPSA) is 149 Å². The number of H-pyrrole nitrogens is 1. The molecule has 0 aliphatic rings. The average molecular weight is 468 g/mol. The molecule has 0 aliphatic carbocycles. The number of anilines is 1. The second-order valence-corrected chi connectivity index (χ2v) is 8.31. The molecule has 0 fully saturated rings. The minimum Gasteiger partial charge on any atom is -0.507 e. The van der Waals surface area contributed by atoms with Crippen molar-refractivity contribution < 1.29 is 9.84 Å². The molecule has 0 aliphatic heterocycles. The van der Waals surface area contributed by atoms with Gasteiger partial charge in [-0.25, -0.2) is 15.0 Å². The highest BCUT2D eigenvalue weighted by molar-refractivity contribution is 5.86. The Kier molecular flexibility index (Phi) is 5.99. The number of phenols is 1. The van der Waals surface area contributed by atoms with Gasteiger partial charge in [-0.3, -0.25) is 5.10 Å². The molecule has 0 radical (unpaired) electrons. The zero-order valence-corrected chi connectivity index (χ0v) is 19.1. The largest absolute Gasteiger partial charge is 0.507 e. The Morgan fingerprint density at radius 1 is 1.03 bits per heavy atom. The summed E-state index contributed by atoms with van der Waals surface area (Å²) in [6.07, 6.45) is 2.29. The summed E-state index contributed by atoms with van der Waals surface area (Å²) in [5.74, 6) is 0.647. The summed E-state index contributed by atoms with van der Waals surface area (Å²) < 4.78 is 6.01. The number of nitrogens with one attached hydrogen (secondary N) is 1. The van der Waals surface area contributed by atoms with Crippen molar-refractivity contribution in [3.05, 3.63) is 78.1 Å². The van der Waals surface area contributed by atoms with Crippen LogP contribution in [-0.2, 0) is 6.42 Å². The molecule has 0 amide bonds. The highest BCUT2D eigenvalue weighted by atomic mass is 16.5. The van der Waals surface area contributed by atoms with Crippen LogP contribution >= 0.6 is 0 Å². The predicted octanol–water partition coefficient (Wildman–Crippen LogP) is 3.63. The number of hydrogen-bond donors (Lipinski definition) is 4. The Hall–Kier alpha value is -4.50. The number of nitrogens with two attached hydrogens (primary N) is 2. The molecule has 6 N–H and O–H groups in total. The first-order valence-corrected chi connectivity index (χ1v) is 11.2. The minimum atomic E-state index is -0.234. The van der Waals surface area contributed by atoms with Crippen LogP contribution in [0.1, 0.15) is 11.3 Å². The number of aromatic nitrogens is 5. The molecule has 0 bridgehead atoms. The lowest BCUT2D eigenvalue weighted by atomic mass is 10.0. The maximum absolute atomic E-state index is 10.5. The summed E-state index contributed by atoms with van der Waals surface area (Å²) in [6.45, 7) is 2.10. The van der Waals surface area contributed by atoms with Crippen LogP contribution in [0, 0.1) is 6.92 Å². The Balaban J connectivity index is 1.53. The Labute approximate surface area is 201 Å². The van der Waals surface area contributed by atoms with Crippen LogP contribution in [0.15, 0.2) is 66.9 Å². The first kappa shape index (κ1) is 22.3. The fourth-order valence-corrected chi connectivity index (χ4v) is 3.91. The Morgan fingerprint density at radius 3 is 2.60 bits per heavy atom. The van der Waals surface area contributed by atoms with Gasteiger partial charge in [-0.1, -0.05) is 42.5 Å². The predicted molar refractivity (Wildman–Crippen MR) is 135 cm³/mol. The number of fused-ring (bicyclic) bond motifs is 1. The third kappa shape index (κ3) is 4.62. The van der Waals surface area contributed by atoms with Crippen LogP contribution in [-0.4, -0.2) is 42.9 Å². The van der Waals surface area contributed by atoms with Gasteiger partial charge in [0, 0.05) is 17.2 Å². The molecule has 0 saturated heterocycles. The molecule has 176 valence electrons. The maximum Gasteiger partial charge on any atom is 0.174 e. The van der Waals surface area contributed by atoms with Crippen molar-refractivity contribution in [2.45, 2.75) is 19.4 Å². The summed E-state index contributed by atoms with van der Waals surface area (Å²) >= 11 is 0. The third-order valence-electron chi connectivity index (χ3n) is 5.69. The summed E-state index contributed by atoms with van der Waals surface area (Å²) in [5.41, 5.74) is 17.8. The van der Waals surface area contributed by atoms with Crippen molar-refractivity contribution >= 4 is 17.0 Å². The van der Waals surface area contributed by atoms with Crippen molar-refractivity contribution in [1.82, 2.24) is 25.1 Å². The molecular formula is C26H25N7O2. The SMILES string of the molecule is Cc1n[nH]c2ncc(-c3cc(OC[C@@H](N)Cc4ccccc4)c(N)nc3-c3ccccc3O)nc12. The van der Waals surface area contributed by atoms with Crippen molar-refractivity contribution in [1.29, 1.82) is 0 Å². The van der Waals surface area contributed by atoms with Crippen molar-refractivity contribution in [2.24, 2.45) is 5.73 Å². The second kappa shape index (κ2) is 9.40. The molecule has 0 saturated carbocycles. The molecule has 9 heteroatoms. The second-order valence-electron chi connectivity index (χ2n) is 8.31. The van der Waals surface area contributed by atoms with Crippen LogP contribution in [0.5, 0.6) is 11.5 Å². The molecule has 0 spiro atoms. The van der Waals surface area contributed by atoms with Crippen molar-refractivity contribution in [3.8, 4) is 34.0 Å². The Bertz CT molecular complexity index is 1480. The van der Waals surface area contributed by atoms with Gasteiger partial charge in [-0.15, -0.1) is 0 Å². The van der Waals surface area contributed by atoms with E-state index in [4.69, 9.17) is 21.2 Å². The molecule has 0 unspecified atom stereocenters. The molecule has 2 aromatic carbocycles. The number of phenolic OH excluding ortho intramolecular Hbond substituents is 1. The standard InChI is InChI=1S/C26H25N7O2/c1-15-23-26(33-32-15)29-13-20(30-23)19-12-22(35-14-17(27)11-16-7-3-2-4-8-16)25(28)31-24(19)18-9-5-6-10-21(18)34/h2-10,12-13,17,34H,11,14,27H2,1H3,(H2,28,31)(H,29,32,33)/t17-/m0/s1. The molecule has 9 nitrogen and oxygen atoms in total. The van der Waals surface area contributed by atoms with Crippen LogP contribution in [0.4, 0.5) is 5.82 Å². The highest BCUT2D eigenvalue weighted by Gasteiger charge is 2.19. The quantitative estimate of drug-likeness (QED) is 0.283. The van der Waals surface area contributed by atoms with Crippen molar-refractivity contribution in [3.63, 3.8) is 0 Å². The van der Waals surface area contributed by atoms with Gasteiger partial charge in [-0.05, 0) is 37.1 Å². The van der Waals surface area contributed by atoms with Crippen molar-refractivity contribution in [2.75, 3.05) is 12.3 Å². The first-order chi connectivity index (χ1) is 17.0. The van der Waals surface area contributed by atoms with E-state index in [1.165, 1.54) is 0 Å². The lowest BCUT2D eigenvalue weighted by Gasteiger charge is -2.17. The molecule has 1 atom stereocenters. The molecule has 35 heavy (non-hydrogen) atoms. The molecule has 5 aromatic rings. The fraction of sp³-hybridized carbons (Fsp3) is 0.154. The van der Waals surface area contributed by atoms with Crippen LogP contribution in [0.25, 0.3) is 33.7 Å². The normalized spacial score (nSPS) is 12.1. The number of benzene rings is 2. The van der Waals surface area contributed by atoms with Gasteiger partial charge in [0.15, 0.2) is 17.2 Å². The van der Waals surface area contributed by atoms with E-state index in [0.717, 1.165) is 11.3 Å². The zero-order valence-electron chi connectivity index (χ0n) is 19.1. The van der Waals surface area contributed by atoms with Gasteiger partial charge >= 0.3 is 0 Å².